The number of nitrogens with one attached hydrogen (secondary N) is 1. The van der Waals surface area contributed by atoms with Crippen molar-refractivity contribution in [2.45, 2.75) is 19.5 Å². The fraction of sp³-hybridized carbons (Fsp3) is 0.538. The lowest BCUT2D eigenvalue weighted by Crippen LogP contribution is -2.48. The number of piperazine rings is 1. The number of rotatable bonds is 3. The minimum absolute atomic E-state index is 0.604. The second-order valence-electron chi connectivity index (χ2n) is 4.44. The molecule has 1 heterocycles. The van der Waals surface area contributed by atoms with E-state index >= 15 is 0 Å². The standard InChI is InChI=1S/C13H20N2O/c1-11-9-15(8-7-14-11)10-12-3-5-13(16-2)6-4-12/h3-6,11,14H,7-10H2,1-2H3/t11-/m1/s1. The first-order chi connectivity index (χ1) is 7.78. The fourth-order valence-corrected chi connectivity index (χ4v) is 2.14. The van der Waals surface area contributed by atoms with Gasteiger partial charge in [-0.25, -0.2) is 0 Å². The van der Waals surface area contributed by atoms with Crippen LogP contribution in [0, 0.1) is 0 Å². The lowest BCUT2D eigenvalue weighted by Gasteiger charge is -2.31. The lowest BCUT2D eigenvalue weighted by atomic mass is 10.1. The van der Waals surface area contributed by atoms with Gasteiger partial charge in [0, 0.05) is 32.2 Å². The third-order valence-electron chi connectivity index (χ3n) is 3.02. The molecule has 0 unspecified atom stereocenters. The monoisotopic (exact) mass is 220 g/mol. The number of nitrogens with zero attached hydrogens (tertiary/aromatic N) is 1. The maximum Gasteiger partial charge on any atom is 0.118 e. The molecule has 0 spiro atoms. The molecule has 88 valence electrons. The highest BCUT2D eigenvalue weighted by Gasteiger charge is 2.15. The molecule has 1 aliphatic rings. The van der Waals surface area contributed by atoms with Crippen molar-refractivity contribution in [1.29, 1.82) is 0 Å². The first-order valence-electron chi connectivity index (χ1n) is 5.86. The Hall–Kier alpha value is -1.06. The van der Waals surface area contributed by atoms with Crippen LogP contribution in [0.1, 0.15) is 12.5 Å². The Balaban J connectivity index is 1.92. The van der Waals surface area contributed by atoms with Crippen LogP contribution in [-0.2, 0) is 6.54 Å². The van der Waals surface area contributed by atoms with E-state index in [0.29, 0.717) is 6.04 Å². The Bertz CT molecular complexity index is 323. The summed E-state index contributed by atoms with van der Waals surface area (Å²) in [6, 6.07) is 8.95. The Morgan fingerprint density at radius 2 is 2.12 bits per heavy atom. The molecule has 0 amide bonds. The maximum atomic E-state index is 5.15. The number of methoxy groups -OCH3 is 1. The molecule has 0 saturated carbocycles. The van der Waals surface area contributed by atoms with Crippen molar-refractivity contribution in [1.82, 2.24) is 10.2 Å². The van der Waals surface area contributed by atoms with Crippen molar-refractivity contribution in [2.75, 3.05) is 26.7 Å². The summed E-state index contributed by atoms with van der Waals surface area (Å²) in [7, 11) is 1.70. The Morgan fingerprint density at radius 1 is 1.38 bits per heavy atom. The number of benzene rings is 1. The van der Waals surface area contributed by atoms with Crippen LogP contribution in [0.25, 0.3) is 0 Å². The fourth-order valence-electron chi connectivity index (χ4n) is 2.14. The molecule has 2 rings (SSSR count). The van der Waals surface area contributed by atoms with Gasteiger partial charge in [-0.3, -0.25) is 4.90 Å². The summed E-state index contributed by atoms with van der Waals surface area (Å²) in [5.41, 5.74) is 1.36. The quantitative estimate of drug-likeness (QED) is 0.835. The van der Waals surface area contributed by atoms with E-state index in [9.17, 15) is 0 Å². The first kappa shape index (κ1) is 11.4. The molecule has 3 nitrogen and oxygen atoms in total. The highest BCUT2D eigenvalue weighted by Crippen LogP contribution is 2.13. The molecule has 1 fully saturated rings. The molecule has 1 aromatic rings. The van der Waals surface area contributed by atoms with Crippen molar-refractivity contribution >= 4 is 0 Å². The smallest absolute Gasteiger partial charge is 0.118 e. The van der Waals surface area contributed by atoms with Crippen LogP contribution in [0.15, 0.2) is 24.3 Å². The molecule has 1 N–H and O–H groups in total. The zero-order valence-electron chi connectivity index (χ0n) is 10.1. The Kier molecular flexibility index (Phi) is 3.80. The molecule has 0 aromatic heterocycles. The maximum absolute atomic E-state index is 5.15. The Morgan fingerprint density at radius 3 is 2.75 bits per heavy atom. The molecular formula is C13H20N2O. The minimum atomic E-state index is 0.604. The van der Waals surface area contributed by atoms with Crippen molar-refractivity contribution < 1.29 is 4.74 Å². The third kappa shape index (κ3) is 2.97. The molecule has 1 saturated heterocycles. The van der Waals surface area contributed by atoms with E-state index < -0.39 is 0 Å². The van der Waals surface area contributed by atoms with Gasteiger partial charge < -0.3 is 10.1 Å². The van der Waals surface area contributed by atoms with Crippen LogP contribution >= 0.6 is 0 Å². The van der Waals surface area contributed by atoms with Gasteiger partial charge >= 0.3 is 0 Å². The molecule has 3 heteroatoms. The van der Waals surface area contributed by atoms with Gasteiger partial charge in [-0.2, -0.15) is 0 Å². The van der Waals surface area contributed by atoms with Crippen molar-refractivity contribution in [2.24, 2.45) is 0 Å². The van der Waals surface area contributed by atoms with E-state index in [0.717, 1.165) is 31.9 Å². The molecule has 1 aromatic carbocycles. The van der Waals surface area contributed by atoms with E-state index in [-0.39, 0.29) is 0 Å². The molecule has 0 aliphatic carbocycles. The van der Waals surface area contributed by atoms with Crippen LogP contribution in [0.5, 0.6) is 5.75 Å². The summed E-state index contributed by atoms with van der Waals surface area (Å²) < 4.78 is 5.15. The second-order valence-corrected chi connectivity index (χ2v) is 4.44. The summed E-state index contributed by atoms with van der Waals surface area (Å²) in [6.07, 6.45) is 0. The predicted octanol–water partition coefficient (Wildman–Crippen LogP) is 1.49. The zero-order valence-corrected chi connectivity index (χ0v) is 10.1. The summed E-state index contributed by atoms with van der Waals surface area (Å²) in [4.78, 5) is 2.49. The molecule has 1 atom stereocenters. The van der Waals surface area contributed by atoms with E-state index in [1.165, 1.54) is 5.56 Å². The number of hydrogen-bond donors (Lipinski definition) is 1. The van der Waals surface area contributed by atoms with Gasteiger partial charge in [-0.05, 0) is 24.6 Å². The third-order valence-corrected chi connectivity index (χ3v) is 3.02. The van der Waals surface area contributed by atoms with Gasteiger partial charge in [0.05, 0.1) is 7.11 Å². The van der Waals surface area contributed by atoms with Crippen LogP contribution in [-0.4, -0.2) is 37.7 Å². The Labute approximate surface area is 97.4 Å². The number of hydrogen-bond acceptors (Lipinski definition) is 3. The second kappa shape index (κ2) is 5.32. The average Bonchev–Trinajstić information content (AvgIpc) is 2.30. The van der Waals surface area contributed by atoms with E-state index in [1.807, 2.05) is 12.1 Å². The van der Waals surface area contributed by atoms with Gasteiger partial charge in [0.2, 0.25) is 0 Å². The largest absolute Gasteiger partial charge is 0.497 e. The zero-order chi connectivity index (χ0) is 11.4. The van der Waals surface area contributed by atoms with Crippen molar-refractivity contribution in [3.8, 4) is 5.75 Å². The van der Waals surface area contributed by atoms with Crippen LogP contribution < -0.4 is 10.1 Å². The molecule has 0 radical (unpaired) electrons. The van der Waals surface area contributed by atoms with Crippen molar-refractivity contribution in [3.63, 3.8) is 0 Å². The van der Waals surface area contributed by atoms with Crippen LogP contribution in [0.3, 0.4) is 0 Å². The van der Waals surface area contributed by atoms with E-state index in [2.05, 4.69) is 29.3 Å². The first-order valence-corrected chi connectivity index (χ1v) is 5.86. The normalized spacial score (nSPS) is 22.0. The topological polar surface area (TPSA) is 24.5 Å². The van der Waals surface area contributed by atoms with Gasteiger partial charge in [-0.1, -0.05) is 12.1 Å². The summed E-state index contributed by atoms with van der Waals surface area (Å²) in [5.74, 6) is 0.928. The van der Waals surface area contributed by atoms with E-state index in [4.69, 9.17) is 4.74 Å². The highest BCUT2D eigenvalue weighted by molar-refractivity contribution is 5.27. The highest BCUT2D eigenvalue weighted by atomic mass is 16.5. The molecule has 0 bridgehead atoms. The van der Waals surface area contributed by atoms with Crippen LogP contribution in [0.2, 0.25) is 0 Å². The van der Waals surface area contributed by atoms with E-state index in [1.54, 1.807) is 7.11 Å². The number of ether oxygens (including phenoxy) is 1. The SMILES string of the molecule is COc1ccc(CN2CCN[C@H](C)C2)cc1. The van der Waals surface area contributed by atoms with Gasteiger partial charge in [0.1, 0.15) is 5.75 Å². The lowest BCUT2D eigenvalue weighted by molar-refractivity contribution is 0.199. The molecule has 16 heavy (non-hydrogen) atoms. The predicted molar refractivity (Wildman–Crippen MR) is 65.7 cm³/mol. The summed E-state index contributed by atoms with van der Waals surface area (Å²) in [5, 5.41) is 3.45. The summed E-state index contributed by atoms with van der Waals surface area (Å²) >= 11 is 0. The van der Waals surface area contributed by atoms with Gasteiger partial charge in [-0.15, -0.1) is 0 Å². The van der Waals surface area contributed by atoms with Crippen LogP contribution in [0.4, 0.5) is 0 Å². The van der Waals surface area contributed by atoms with Gasteiger partial charge in [0.15, 0.2) is 0 Å². The summed E-state index contributed by atoms with van der Waals surface area (Å²) in [6.45, 7) is 6.63. The van der Waals surface area contributed by atoms with Gasteiger partial charge in [0.25, 0.3) is 0 Å². The van der Waals surface area contributed by atoms with Crippen molar-refractivity contribution in [3.05, 3.63) is 29.8 Å². The minimum Gasteiger partial charge on any atom is -0.497 e. The molecule has 1 aliphatic heterocycles. The average molecular weight is 220 g/mol. The molecular weight excluding hydrogens is 200 g/mol.